The van der Waals surface area contributed by atoms with Crippen LogP contribution in [0.25, 0.3) is 45.8 Å². The highest BCUT2D eigenvalue weighted by Crippen LogP contribution is 2.35. The number of aryl methyl sites for hydroxylation is 2. The highest BCUT2D eigenvalue weighted by atomic mass is 14.9. The van der Waals surface area contributed by atoms with E-state index >= 15 is 0 Å². The maximum atomic E-state index is 2.27. The molecule has 166 valence electrons. The Hall–Kier alpha value is -4.04. The van der Waals surface area contributed by atoms with Gasteiger partial charge in [-0.3, -0.25) is 0 Å². The van der Waals surface area contributed by atoms with Crippen molar-refractivity contribution in [3.05, 3.63) is 120 Å². The summed E-state index contributed by atoms with van der Waals surface area (Å²) in [5.41, 5.74) is 4.93. The summed E-state index contributed by atoms with van der Waals surface area (Å²) >= 11 is 0. The van der Waals surface area contributed by atoms with Gasteiger partial charge in [0.25, 0.3) is 0 Å². The summed E-state index contributed by atoms with van der Waals surface area (Å²) in [7, 11) is 0. The van der Waals surface area contributed by atoms with Gasteiger partial charge in [-0.2, -0.15) is 0 Å². The molecule has 2 nitrogen and oxygen atoms in total. The van der Waals surface area contributed by atoms with Crippen LogP contribution in [-0.4, -0.2) is 0 Å². The molecule has 0 aliphatic heterocycles. The molecule has 0 saturated heterocycles. The molecular weight excluding hydrogens is 412 g/mol. The van der Waals surface area contributed by atoms with Gasteiger partial charge in [0.2, 0.25) is 0 Å². The van der Waals surface area contributed by atoms with E-state index in [1.807, 2.05) is 0 Å². The second-order valence-electron chi connectivity index (χ2n) is 8.51. The largest absolute Gasteiger partial charge is 0.205 e. The highest BCUT2D eigenvalue weighted by Gasteiger charge is 2.10. The highest BCUT2D eigenvalue weighted by molar-refractivity contribution is 6.14. The van der Waals surface area contributed by atoms with Crippen molar-refractivity contribution in [3.63, 3.8) is 0 Å². The van der Waals surface area contributed by atoms with Crippen LogP contribution in [-0.2, 0) is 13.1 Å². The quantitative estimate of drug-likeness (QED) is 0.199. The zero-order valence-corrected chi connectivity index (χ0v) is 19.9. The number of aromatic nitrogens is 2. The second kappa shape index (κ2) is 9.84. The minimum atomic E-state index is 0.982. The predicted octanol–water partition coefficient (Wildman–Crippen LogP) is 6.95. The summed E-state index contributed by atoms with van der Waals surface area (Å²) in [5.74, 6) is 0. The van der Waals surface area contributed by atoms with Crippen LogP contribution in [0.1, 0.15) is 36.1 Å². The van der Waals surface area contributed by atoms with E-state index in [1.165, 1.54) is 43.8 Å². The Kier molecular flexibility index (Phi) is 6.31. The van der Waals surface area contributed by atoms with Gasteiger partial charge in [0.1, 0.15) is 13.1 Å². The predicted molar refractivity (Wildman–Crippen MR) is 144 cm³/mol. The van der Waals surface area contributed by atoms with Crippen LogP contribution in [0.2, 0.25) is 0 Å². The average Bonchev–Trinajstić information content (AvgIpc) is 2.91. The molecule has 0 atom stereocenters. The molecule has 0 aliphatic carbocycles. The third kappa shape index (κ3) is 4.40. The molecule has 3 aromatic carbocycles. The number of benzene rings is 3. The minimum Gasteiger partial charge on any atom is -0.205 e. The van der Waals surface area contributed by atoms with Crippen molar-refractivity contribution in [2.24, 2.45) is 0 Å². The fourth-order valence-corrected chi connectivity index (χ4v) is 4.50. The molecule has 0 amide bonds. The molecule has 2 aromatic heterocycles. The van der Waals surface area contributed by atoms with E-state index in [4.69, 9.17) is 0 Å². The zero-order chi connectivity index (χ0) is 23.3. The Labute approximate surface area is 201 Å². The number of hydrogen-bond acceptors (Lipinski definition) is 0. The van der Waals surface area contributed by atoms with Crippen molar-refractivity contribution in [2.75, 3.05) is 0 Å². The van der Waals surface area contributed by atoms with Crippen LogP contribution in [0.3, 0.4) is 0 Å². The molecule has 5 aromatic rings. The number of hydrogen-bond donors (Lipinski definition) is 0. The first-order valence-corrected chi connectivity index (χ1v) is 12.0. The van der Waals surface area contributed by atoms with Crippen molar-refractivity contribution in [2.45, 2.75) is 26.9 Å². The SMILES string of the molecule is CC[n+]1ccc(C=Cc2c3ccccc3c(C=Cc3cc[n+](CC)cc3)c3ccccc23)cc1. The first kappa shape index (κ1) is 21.8. The molecule has 0 N–H and O–H groups in total. The maximum absolute atomic E-state index is 2.27. The summed E-state index contributed by atoms with van der Waals surface area (Å²) in [6, 6.07) is 26.2. The van der Waals surface area contributed by atoms with Gasteiger partial charge in [0.05, 0.1) is 0 Å². The zero-order valence-electron chi connectivity index (χ0n) is 19.9. The van der Waals surface area contributed by atoms with Crippen LogP contribution >= 0.6 is 0 Å². The summed E-state index contributed by atoms with van der Waals surface area (Å²) in [4.78, 5) is 0. The summed E-state index contributed by atoms with van der Waals surface area (Å²) in [6.07, 6.45) is 17.5. The fraction of sp³-hybridized carbons (Fsp3) is 0.125. The fourth-order valence-electron chi connectivity index (χ4n) is 4.50. The lowest BCUT2D eigenvalue weighted by Crippen LogP contribution is -2.30. The molecule has 0 fully saturated rings. The molecule has 0 spiro atoms. The van der Waals surface area contributed by atoms with Gasteiger partial charge < -0.3 is 0 Å². The topological polar surface area (TPSA) is 7.76 Å². The standard InChI is InChI=1S/C32H30N2/c1-3-33-21-17-25(18-22-33)13-15-31-27-9-5-7-11-29(27)32(30-12-8-6-10-28(30)31)16-14-26-19-23-34(4-2)24-20-26/h5-24H,3-4H2,1-2H3/q+2. The molecule has 0 bridgehead atoms. The molecule has 34 heavy (non-hydrogen) atoms. The van der Waals surface area contributed by atoms with Gasteiger partial charge in [-0.05, 0) is 57.6 Å². The summed E-state index contributed by atoms with van der Waals surface area (Å²) in [5, 5.41) is 5.09. The van der Waals surface area contributed by atoms with Crippen molar-refractivity contribution in [1.29, 1.82) is 0 Å². The molecule has 0 radical (unpaired) electrons. The van der Waals surface area contributed by atoms with E-state index in [-0.39, 0.29) is 0 Å². The van der Waals surface area contributed by atoms with Crippen molar-refractivity contribution in [3.8, 4) is 0 Å². The second-order valence-corrected chi connectivity index (χ2v) is 8.51. The molecular formula is C32H30N2+2. The lowest BCUT2D eigenvalue weighted by molar-refractivity contribution is -0.693. The van der Waals surface area contributed by atoms with Crippen LogP contribution in [0, 0.1) is 0 Å². The van der Waals surface area contributed by atoms with E-state index in [0.29, 0.717) is 0 Å². The Balaban J connectivity index is 1.64. The maximum Gasteiger partial charge on any atom is 0.169 e. The minimum absolute atomic E-state index is 0.982. The van der Waals surface area contributed by atoms with Crippen molar-refractivity contribution in [1.82, 2.24) is 0 Å². The molecule has 5 rings (SSSR count). The van der Waals surface area contributed by atoms with Crippen LogP contribution < -0.4 is 9.13 Å². The Bertz CT molecular complexity index is 1320. The smallest absolute Gasteiger partial charge is 0.169 e. The molecule has 0 aliphatic rings. The van der Waals surface area contributed by atoms with Crippen LogP contribution in [0.4, 0.5) is 0 Å². The normalized spacial score (nSPS) is 11.8. The van der Waals surface area contributed by atoms with Gasteiger partial charge >= 0.3 is 0 Å². The lowest BCUT2D eigenvalue weighted by Gasteiger charge is -2.13. The average molecular weight is 443 g/mol. The van der Waals surface area contributed by atoms with E-state index in [2.05, 4.69) is 145 Å². The Morgan fingerprint density at radius 2 is 0.794 bits per heavy atom. The van der Waals surface area contributed by atoms with Crippen molar-refractivity contribution >= 4 is 45.8 Å². The number of rotatable bonds is 6. The summed E-state index contributed by atoms with van der Waals surface area (Å²) < 4.78 is 4.36. The third-order valence-electron chi connectivity index (χ3n) is 6.46. The molecule has 2 heterocycles. The van der Waals surface area contributed by atoms with E-state index in [1.54, 1.807) is 0 Å². The Morgan fingerprint density at radius 3 is 1.09 bits per heavy atom. The monoisotopic (exact) mass is 442 g/mol. The molecule has 0 unspecified atom stereocenters. The number of pyridine rings is 2. The van der Waals surface area contributed by atoms with Gasteiger partial charge in [0.15, 0.2) is 24.8 Å². The van der Waals surface area contributed by atoms with Crippen molar-refractivity contribution < 1.29 is 9.13 Å². The van der Waals surface area contributed by atoms with E-state index < -0.39 is 0 Å². The van der Waals surface area contributed by atoms with E-state index in [0.717, 1.165) is 13.1 Å². The van der Waals surface area contributed by atoms with Crippen LogP contribution in [0.5, 0.6) is 0 Å². The van der Waals surface area contributed by atoms with Gasteiger partial charge in [-0.1, -0.05) is 72.8 Å². The first-order chi connectivity index (χ1) is 16.8. The van der Waals surface area contributed by atoms with Gasteiger partial charge in [-0.15, -0.1) is 0 Å². The number of fused-ring (bicyclic) bond motifs is 2. The number of nitrogens with zero attached hydrogens (tertiary/aromatic N) is 2. The van der Waals surface area contributed by atoms with Crippen LogP contribution in [0.15, 0.2) is 97.6 Å². The van der Waals surface area contributed by atoms with Gasteiger partial charge in [0, 0.05) is 24.3 Å². The first-order valence-electron chi connectivity index (χ1n) is 12.0. The summed E-state index contributed by atoms with van der Waals surface area (Å²) in [6.45, 7) is 6.28. The lowest BCUT2D eigenvalue weighted by atomic mass is 9.91. The molecule has 2 heteroatoms. The van der Waals surface area contributed by atoms with Gasteiger partial charge in [-0.25, -0.2) is 9.13 Å². The molecule has 0 saturated carbocycles. The Morgan fingerprint density at radius 1 is 0.471 bits per heavy atom. The third-order valence-corrected chi connectivity index (χ3v) is 6.46. The van der Waals surface area contributed by atoms with E-state index in [9.17, 15) is 0 Å².